The first-order valence-corrected chi connectivity index (χ1v) is 7.65. The van der Waals surface area contributed by atoms with E-state index in [1.165, 1.54) is 6.07 Å². The molecule has 0 bridgehead atoms. The highest BCUT2D eigenvalue weighted by molar-refractivity contribution is 7.99. The standard InChI is InChI=1S/C14H18F3NOS/c1-18-5-6-20-9-12(18)13(19)8-10-3-2-4-11(7-10)14(15,16)17/h2-4,7,12-13,19H,5-6,8-9H2,1H3. The average molecular weight is 305 g/mol. The number of alkyl halides is 3. The molecule has 1 aromatic rings. The van der Waals surface area contributed by atoms with E-state index in [9.17, 15) is 18.3 Å². The maximum Gasteiger partial charge on any atom is 0.416 e. The van der Waals surface area contributed by atoms with E-state index >= 15 is 0 Å². The number of nitrogens with zero attached hydrogens (tertiary/aromatic N) is 1. The molecule has 1 saturated heterocycles. The fourth-order valence-corrected chi connectivity index (χ4v) is 3.66. The number of benzene rings is 1. The van der Waals surface area contributed by atoms with E-state index < -0.39 is 17.8 Å². The van der Waals surface area contributed by atoms with Gasteiger partial charge in [-0.15, -0.1) is 0 Å². The Bertz CT molecular complexity index is 452. The lowest BCUT2D eigenvalue weighted by molar-refractivity contribution is -0.137. The quantitative estimate of drug-likeness (QED) is 0.929. The Labute approximate surface area is 121 Å². The maximum atomic E-state index is 12.6. The van der Waals surface area contributed by atoms with Crippen molar-refractivity contribution >= 4 is 11.8 Å². The highest BCUT2D eigenvalue weighted by Gasteiger charge is 2.31. The molecular weight excluding hydrogens is 287 g/mol. The van der Waals surface area contributed by atoms with Gasteiger partial charge >= 0.3 is 6.18 Å². The molecule has 2 nitrogen and oxygen atoms in total. The van der Waals surface area contributed by atoms with Gasteiger partial charge in [-0.05, 0) is 25.1 Å². The summed E-state index contributed by atoms with van der Waals surface area (Å²) >= 11 is 1.77. The maximum absolute atomic E-state index is 12.6. The Hall–Kier alpha value is -0.720. The van der Waals surface area contributed by atoms with E-state index in [0.29, 0.717) is 5.56 Å². The van der Waals surface area contributed by atoms with Gasteiger partial charge in [-0.2, -0.15) is 24.9 Å². The second-order valence-corrected chi connectivity index (χ2v) is 6.24. The molecule has 0 aliphatic carbocycles. The second-order valence-electron chi connectivity index (χ2n) is 5.09. The van der Waals surface area contributed by atoms with Crippen LogP contribution in [0.3, 0.4) is 0 Å². The zero-order chi connectivity index (χ0) is 14.8. The summed E-state index contributed by atoms with van der Waals surface area (Å²) in [6.45, 7) is 0.898. The van der Waals surface area contributed by atoms with Gasteiger partial charge in [0.25, 0.3) is 0 Å². The minimum atomic E-state index is -4.33. The third kappa shape index (κ3) is 3.90. The summed E-state index contributed by atoms with van der Waals surface area (Å²) in [5.74, 6) is 1.85. The van der Waals surface area contributed by atoms with Gasteiger partial charge < -0.3 is 5.11 Å². The lowest BCUT2D eigenvalue weighted by Gasteiger charge is -2.35. The lowest BCUT2D eigenvalue weighted by atomic mass is 10.00. The third-order valence-electron chi connectivity index (χ3n) is 3.59. The molecule has 1 N–H and O–H groups in total. The molecule has 1 heterocycles. The van der Waals surface area contributed by atoms with Crippen molar-refractivity contribution in [2.75, 3.05) is 25.1 Å². The fraction of sp³-hybridized carbons (Fsp3) is 0.571. The van der Waals surface area contributed by atoms with Crippen molar-refractivity contribution in [1.29, 1.82) is 0 Å². The SMILES string of the molecule is CN1CCSCC1C(O)Cc1cccc(C(F)(F)F)c1. The molecule has 0 saturated carbocycles. The minimum absolute atomic E-state index is 0.00305. The summed E-state index contributed by atoms with van der Waals surface area (Å²) in [6.07, 6.45) is -4.73. The number of aliphatic hydroxyl groups excluding tert-OH is 1. The van der Waals surface area contributed by atoms with Gasteiger partial charge in [-0.1, -0.05) is 18.2 Å². The summed E-state index contributed by atoms with van der Waals surface area (Å²) in [5, 5.41) is 10.3. The van der Waals surface area contributed by atoms with Crippen LogP contribution in [-0.2, 0) is 12.6 Å². The monoisotopic (exact) mass is 305 g/mol. The second kappa shape index (κ2) is 6.37. The summed E-state index contributed by atoms with van der Waals surface area (Å²) < 4.78 is 37.9. The van der Waals surface area contributed by atoms with Crippen molar-refractivity contribution in [3.05, 3.63) is 35.4 Å². The van der Waals surface area contributed by atoms with Gasteiger partial charge in [0.2, 0.25) is 0 Å². The highest BCUT2D eigenvalue weighted by Crippen LogP contribution is 2.30. The number of likely N-dealkylation sites (N-methyl/N-ethyl adjacent to an activating group) is 1. The zero-order valence-electron chi connectivity index (χ0n) is 11.2. The molecule has 6 heteroatoms. The molecule has 20 heavy (non-hydrogen) atoms. The normalized spacial score (nSPS) is 22.8. The zero-order valence-corrected chi connectivity index (χ0v) is 12.0. The lowest BCUT2D eigenvalue weighted by Crippen LogP contribution is -2.47. The largest absolute Gasteiger partial charge is 0.416 e. The predicted molar refractivity (Wildman–Crippen MR) is 74.9 cm³/mol. The van der Waals surface area contributed by atoms with Crippen molar-refractivity contribution in [3.8, 4) is 0 Å². The summed E-state index contributed by atoms with van der Waals surface area (Å²) in [4.78, 5) is 2.08. The topological polar surface area (TPSA) is 23.5 Å². The molecule has 2 atom stereocenters. The van der Waals surface area contributed by atoms with Gasteiger partial charge in [0.15, 0.2) is 0 Å². The number of hydrogen-bond acceptors (Lipinski definition) is 3. The Morgan fingerprint density at radius 2 is 2.20 bits per heavy atom. The number of halogens is 3. The first kappa shape index (κ1) is 15.7. The van der Waals surface area contributed by atoms with Crippen LogP contribution >= 0.6 is 11.8 Å². The Kier molecular flexibility index (Phi) is 4.99. The van der Waals surface area contributed by atoms with Gasteiger partial charge in [-0.25, -0.2) is 0 Å². The van der Waals surface area contributed by atoms with Crippen LogP contribution in [0, 0.1) is 0 Å². The Morgan fingerprint density at radius 1 is 1.45 bits per heavy atom. The van der Waals surface area contributed by atoms with Crippen molar-refractivity contribution < 1.29 is 18.3 Å². The molecule has 0 radical (unpaired) electrons. The summed E-state index contributed by atoms with van der Waals surface area (Å²) in [7, 11) is 1.94. The molecule has 0 amide bonds. The first-order valence-electron chi connectivity index (χ1n) is 6.50. The van der Waals surface area contributed by atoms with E-state index in [1.54, 1.807) is 17.8 Å². The van der Waals surface area contributed by atoms with Gasteiger partial charge in [-0.3, -0.25) is 4.90 Å². The third-order valence-corrected chi connectivity index (χ3v) is 4.63. The highest BCUT2D eigenvalue weighted by atomic mass is 32.2. The van der Waals surface area contributed by atoms with Crippen molar-refractivity contribution in [1.82, 2.24) is 4.90 Å². The van der Waals surface area contributed by atoms with Crippen LogP contribution < -0.4 is 0 Å². The molecule has 0 spiro atoms. The molecular formula is C14H18F3NOS. The van der Waals surface area contributed by atoms with Crippen LogP contribution in [0.25, 0.3) is 0 Å². The molecule has 1 fully saturated rings. The molecule has 2 unspecified atom stereocenters. The molecule has 1 aliphatic rings. The van der Waals surface area contributed by atoms with E-state index in [1.807, 2.05) is 7.05 Å². The van der Waals surface area contributed by atoms with Crippen LogP contribution in [0.15, 0.2) is 24.3 Å². The van der Waals surface area contributed by atoms with Crippen LogP contribution in [0.5, 0.6) is 0 Å². The predicted octanol–water partition coefficient (Wildman–Crippen LogP) is 2.66. The number of aliphatic hydroxyl groups is 1. The van der Waals surface area contributed by atoms with Crippen LogP contribution in [0.1, 0.15) is 11.1 Å². The first-order chi connectivity index (χ1) is 9.38. The fourth-order valence-electron chi connectivity index (χ4n) is 2.36. The van der Waals surface area contributed by atoms with Crippen molar-refractivity contribution in [3.63, 3.8) is 0 Å². The van der Waals surface area contributed by atoms with Crippen LogP contribution in [0.4, 0.5) is 13.2 Å². The van der Waals surface area contributed by atoms with Gasteiger partial charge in [0.1, 0.15) is 0 Å². The number of thioether (sulfide) groups is 1. The molecule has 112 valence electrons. The minimum Gasteiger partial charge on any atom is -0.391 e. The Balaban J connectivity index is 2.05. The number of hydrogen-bond donors (Lipinski definition) is 1. The Morgan fingerprint density at radius 3 is 2.85 bits per heavy atom. The van der Waals surface area contributed by atoms with E-state index in [0.717, 1.165) is 30.2 Å². The van der Waals surface area contributed by atoms with Gasteiger partial charge in [0.05, 0.1) is 11.7 Å². The van der Waals surface area contributed by atoms with Crippen molar-refractivity contribution in [2.45, 2.75) is 24.7 Å². The van der Waals surface area contributed by atoms with E-state index in [2.05, 4.69) is 4.90 Å². The molecule has 0 aromatic heterocycles. The molecule has 1 aromatic carbocycles. The summed E-state index contributed by atoms with van der Waals surface area (Å²) in [5.41, 5.74) is -0.134. The van der Waals surface area contributed by atoms with Crippen LogP contribution in [0.2, 0.25) is 0 Å². The summed E-state index contributed by atoms with van der Waals surface area (Å²) in [6, 6.07) is 5.21. The molecule has 1 aliphatic heterocycles. The smallest absolute Gasteiger partial charge is 0.391 e. The molecule has 2 rings (SSSR count). The van der Waals surface area contributed by atoms with E-state index in [-0.39, 0.29) is 12.5 Å². The van der Waals surface area contributed by atoms with Crippen LogP contribution in [-0.4, -0.2) is 47.3 Å². The number of rotatable bonds is 3. The van der Waals surface area contributed by atoms with Gasteiger partial charge in [0, 0.05) is 24.1 Å². The average Bonchev–Trinajstić information content (AvgIpc) is 2.38. The van der Waals surface area contributed by atoms with Crippen molar-refractivity contribution in [2.24, 2.45) is 0 Å². The van der Waals surface area contributed by atoms with E-state index in [4.69, 9.17) is 0 Å².